The van der Waals surface area contributed by atoms with Crippen LogP contribution in [0.25, 0.3) is 0 Å². The van der Waals surface area contributed by atoms with E-state index >= 15 is 0 Å². The second-order valence-corrected chi connectivity index (χ2v) is 7.70. The monoisotopic (exact) mass is 365 g/mol. The van der Waals surface area contributed by atoms with E-state index in [2.05, 4.69) is 9.88 Å². The van der Waals surface area contributed by atoms with Crippen molar-refractivity contribution in [3.05, 3.63) is 47.7 Å². The Morgan fingerprint density at radius 2 is 2.00 bits per heavy atom. The molecule has 25 heavy (non-hydrogen) atoms. The molecule has 2 aromatic rings. The van der Waals surface area contributed by atoms with Crippen molar-refractivity contribution in [2.24, 2.45) is 0 Å². The molecule has 2 rings (SSSR count). The molecule has 0 aliphatic heterocycles. The number of hydrogen-bond donors (Lipinski definition) is 1. The van der Waals surface area contributed by atoms with Crippen molar-refractivity contribution >= 4 is 21.7 Å². The fourth-order valence-corrected chi connectivity index (χ4v) is 3.48. The number of anilines is 1. The smallest absolute Gasteiger partial charge is 0.225 e. The van der Waals surface area contributed by atoms with Gasteiger partial charge in [-0.25, -0.2) is 13.1 Å². The van der Waals surface area contributed by atoms with E-state index in [0.717, 1.165) is 5.56 Å². The molecule has 0 radical (unpaired) electrons. The van der Waals surface area contributed by atoms with E-state index in [1.807, 2.05) is 30.3 Å². The predicted molar refractivity (Wildman–Crippen MR) is 95.8 cm³/mol. The molecule has 7 nitrogen and oxygen atoms in total. The zero-order valence-corrected chi connectivity index (χ0v) is 15.3. The number of nitrogens with one attached hydrogen (secondary N) is 1. The van der Waals surface area contributed by atoms with E-state index in [-0.39, 0.29) is 24.7 Å². The summed E-state index contributed by atoms with van der Waals surface area (Å²) in [6.07, 6.45) is 1.25. The van der Waals surface area contributed by atoms with Crippen molar-refractivity contribution in [2.45, 2.75) is 26.7 Å². The molecule has 0 fully saturated rings. The SMILES string of the molecule is CC(=O)N(CCNS(=O)(=O)CCCc1ccccc1)c1cc(C)on1. The summed E-state index contributed by atoms with van der Waals surface area (Å²) in [4.78, 5) is 13.1. The minimum Gasteiger partial charge on any atom is -0.360 e. The van der Waals surface area contributed by atoms with Gasteiger partial charge in [0.2, 0.25) is 15.9 Å². The Morgan fingerprint density at radius 3 is 2.60 bits per heavy atom. The molecular weight excluding hydrogens is 342 g/mol. The van der Waals surface area contributed by atoms with Crippen LogP contribution in [-0.2, 0) is 21.2 Å². The third-order valence-electron chi connectivity index (χ3n) is 3.65. The fraction of sp³-hybridized carbons (Fsp3) is 0.412. The quantitative estimate of drug-likeness (QED) is 0.732. The van der Waals surface area contributed by atoms with Crippen LogP contribution in [0.5, 0.6) is 0 Å². The summed E-state index contributed by atoms with van der Waals surface area (Å²) >= 11 is 0. The van der Waals surface area contributed by atoms with E-state index in [9.17, 15) is 13.2 Å². The van der Waals surface area contributed by atoms with E-state index in [4.69, 9.17) is 4.52 Å². The molecule has 0 atom stereocenters. The van der Waals surface area contributed by atoms with E-state index in [0.29, 0.717) is 24.4 Å². The Morgan fingerprint density at radius 1 is 1.28 bits per heavy atom. The van der Waals surface area contributed by atoms with Crippen molar-refractivity contribution in [1.82, 2.24) is 9.88 Å². The Labute approximate surface area is 148 Å². The van der Waals surface area contributed by atoms with E-state index in [1.165, 1.54) is 11.8 Å². The molecule has 136 valence electrons. The van der Waals surface area contributed by atoms with Gasteiger partial charge in [0.15, 0.2) is 5.82 Å². The summed E-state index contributed by atoms with van der Waals surface area (Å²) in [5, 5.41) is 3.79. The zero-order chi connectivity index (χ0) is 18.3. The summed E-state index contributed by atoms with van der Waals surface area (Å²) < 4.78 is 31.6. The lowest BCUT2D eigenvalue weighted by Crippen LogP contribution is -2.38. The summed E-state index contributed by atoms with van der Waals surface area (Å²) in [5.74, 6) is 0.790. The van der Waals surface area contributed by atoms with Gasteiger partial charge >= 0.3 is 0 Å². The molecule has 0 saturated carbocycles. The van der Waals surface area contributed by atoms with Crippen LogP contribution in [0.3, 0.4) is 0 Å². The highest BCUT2D eigenvalue weighted by Gasteiger charge is 2.17. The van der Waals surface area contributed by atoms with Gasteiger partial charge in [0, 0.05) is 26.1 Å². The number of nitrogens with zero attached hydrogens (tertiary/aromatic N) is 2. The summed E-state index contributed by atoms with van der Waals surface area (Å²) in [7, 11) is -3.38. The van der Waals surface area contributed by atoms with Crippen LogP contribution in [0.1, 0.15) is 24.7 Å². The third kappa shape index (κ3) is 6.32. The Hall–Kier alpha value is -2.19. The number of sulfonamides is 1. The summed E-state index contributed by atoms with van der Waals surface area (Å²) in [5.41, 5.74) is 1.11. The maximum Gasteiger partial charge on any atom is 0.225 e. The van der Waals surface area contributed by atoms with Gasteiger partial charge in [-0.3, -0.25) is 9.69 Å². The predicted octanol–water partition coefficient (Wildman–Crippen LogP) is 1.89. The highest BCUT2D eigenvalue weighted by atomic mass is 32.2. The minimum atomic E-state index is -3.38. The largest absolute Gasteiger partial charge is 0.360 e. The van der Waals surface area contributed by atoms with Crippen LogP contribution in [0, 0.1) is 6.92 Å². The molecule has 0 bridgehead atoms. The average molecular weight is 365 g/mol. The number of carbonyl (C=O) groups excluding carboxylic acids is 1. The van der Waals surface area contributed by atoms with Gasteiger partial charge < -0.3 is 4.52 Å². The van der Waals surface area contributed by atoms with Crippen molar-refractivity contribution in [3.63, 3.8) is 0 Å². The molecule has 1 amide bonds. The zero-order valence-electron chi connectivity index (χ0n) is 14.4. The summed E-state index contributed by atoms with van der Waals surface area (Å²) in [6, 6.07) is 11.4. The van der Waals surface area contributed by atoms with Crippen molar-refractivity contribution in [1.29, 1.82) is 0 Å². The molecule has 1 aromatic heterocycles. The van der Waals surface area contributed by atoms with Crippen LogP contribution < -0.4 is 9.62 Å². The van der Waals surface area contributed by atoms with Crippen molar-refractivity contribution in [2.75, 3.05) is 23.7 Å². The first-order valence-corrected chi connectivity index (χ1v) is 9.75. The highest BCUT2D eigenvalue weighted by Crippen LogP contribution is 2.13. The maximum atomic E-state index is 12.1. The van der Waals surface area contributed by atoms with Gasteiger partial charge in [-0.15, -0.1) is 0 Å². The lowest BCUT2D eigenvalue weighted by atomic mass is 10.1. The molecule has 1 aromatic carbocycles. The van der Waals surface area contributed by atoms with Crippen LogP contribution in [0.2, 0.25) is 0 Å². The van der Waals surface area contributed by atoms with Gasteiger partial charge in [-0.1, -0.05) is 35.5 Å². The Balaban J connectivity index is 1.79. The number of carbonyl (C=O) groups is 1. The van der Waals surface area contributed by atoms with E-state index < -0.39 is 10.0 Å². The number of aryl methyl sites for hydroxylation is 2. The topological polar surface area (TPSA) is 92.5 Å². The first-order chi connectivity index (χ1) is 11.9. The van der Waals surface area contributed by atoms with Crippen molar-refractivity contribution in [3.8, 4) is 0 Å². The number of benzene rings is 1. The maximum absolute atomic E-state index is 12.1. The first-order valence-electron chi connectivity index (χ1n) is 8.10. The van der Waals surface area contributed by atoms with Crippen LogP contribution in [0.4, 0.5) is 5.82 Å². The Kier molecular flexibility index (Phi) is 6.72. The summed E-state index contributed by atoms with van der Waals surface area (Å²) in [6.45, 7) is 3.45. The molecule has 0 unspecified atom stereocenters. The van der Waals surface area contributed by atoms with Crippen LogP contribution >= 0.6 is 0 Å². The number of rotatable bonds is 9. The molecule has 0 aliphatic rings. The highest BCUT2D eigenvalue weighted by molar-refractivity contribution is 7.89. The first kappa shape index (κ1) is 19.1. The Bertz CT molecular complexity index is 787. The second kappa shape index (κ2) is 8.77. The molecule has 1 heterocycles. The van der Waals surface area contributed by atoms with Gasteiger partial charge in [0.05, 0.1) is 5.75 Å². The van der Waals surface area contributed by atoms with Crippen LogP contribution in [0.15, 0.2) is 40.9 Å². The number of aromatic nitrogens is 1. The van der Waals surface area contributed by atoms with E-state index in [1.54, 1.807) is 13.0 Å². The third-order valence-corrected chi connectivity index (χ3v) is 5.12. The normalized spacial score (nSPS) is 11.4. The second-order valence-electron chi connectivity index (χ2n) is 5.77. The molecule has 8 heteroatoms. The van der Waals surface area contributed by atoms with Gasteiger partial charge in [-0.2, -0.15) is 0 Å². The van der Waals surface area contributed by atoms with Gasteiger partial charge in [-0.05, 0) is 25.3 Å². The molecular formula is C17H23N3O4S. The van der Waals surface area contributed by atoms with Crippen LogP contribution in [-0.4, -0.2) is 38.3 Å². The standard InChI is InChI=1S/C17H23N3O4S/c1-14-13-17(19-24-14)20(15(2)21)11-10-18-25(22,23)12-6-9-16-7-4-3-5-8-16/h3-5,7-8,13,18H,6,9-12H2,1-2H3. The average Bonchev–Trinajstić information content (AvgIpc) is 2.98. The van der Waals surface area contributed by atoms with Gasteiger partial charge in [0.1, 0.15) is 5.76 Å². The minimum absolute atomic E-state index is 0.0467. The molecule has 0 aliphatic carbocycles. The molecule has 0 saturated heterocycles. The molecule has 1 N–H and O–H groups in total. The number of amides is 1. The fourth-order valence-electron chi connectivity index (χ4n) is 2.41. The lowest BCUT2D eigenvalue weighted by Gasteiger charge is -2.17. The lowest BCUT2D eigenvalue weighted by molar-refractivity contribution is -0.116. The molecule has 0 spiro atoms. The van der Waals surface area contributed by atoms with Crippen molar-refractivity contribution < 1.29 is 17.7 Å². The van der Waals surface area contributed by atoms with Gasteiger partial charge in [0.25, 0.3) is 0 Å². The number of hydrogen-bond acceptors (Lipinski definition) is 5.